The number of quaternary nitrogens is 1. The first kappa shape index (κ1) is 11.7. The van der Waals surface area contributed by atoms with Crippen LogP contribution in [-0.2, 0) is 0 Å². The van der Waals surface area contributed by atoms with Crippen LogP contribution in [0.25, 0.3) is 0 Å². The van der Waals surface area contributed by atoms with Crippen LogP contribution in [-0.4, -0.2) is 25.7 Å². The number of anilines is 1. The highest BCUT2D eigenvalue weighted by Gasteiger charge is 2.20. The molecule has 0 bridgehead atoms. The minimum atomic E-state index is 0.636. The van der Waals surface area contributed by atoms with Crippen LogP contribution in [0.2, 0.25) is 5.02 Å². The van der Waals surface area contributed by atoms with Gasteiger partial charge in [-0.05, 0) is 31.2 Å². The number of rotatable bonds is 3. The molecule has 0 aliphatic carbocycles. The van der Waals surface area contributed by atoms with Crippen molar-refractivity contribution in [3.8, 4) is 0 Å². The number of halogens is 1. The highest BCUT2D eigenvalue weighted by atomic mass is 35.5. The first-order valence-corrected chi connectivity index (χ1v) is 6.51. The molecule has 1 aromatic carbocycles. The summed E-state index contributed by atoms with van der Waals surface area (Å²) in [5, 5.41) is 4.38. The van der Waals surface area contributed by atoms with Gasteiger partial charge in [-0.3, -0.25) is 0 Å². The van der Waals surface area contributed by atoms with Gasteiger partial charge >= 0.3 is 0 Å². The highest BCUT2D eigenvalue weighted by Crippen LogP contribution is 2.16. The van der Waals surface area contributed by atoms with Crippen molar-refractivity contribution in [1.82, 2.24) is 0 Å². The summed E-state index contributed by atoms with van der Waals surface area (Å²) in [6, 6.07) is 8.63. The largest absolute Gasteiger partial charge is 0.382 e. The molecule has 2 rings (SSSR count). The lowest BCUT2D eigenvalue weighted by Gasteiger charge is -2.29. The Kier molecular flexibility index (Phi) is 4.08. The molecule has 1 saturated heterocycles. The first-order valence-electron chi connectivity index (χ1n) is 6.13. The summed E-state index contributed by atoms with van der Waals surface area (Å²) in [5.74, 6) is 0. The second kappa shape index (κ2) is 5.55. The van der Waals surface area contributed by atoms with Crippen molar-refractivity contribution in [2.24, 2.45) is 0 Å². The molecule has 0 spiro atoms. The van der Waals surface area contributed by atoms with E-state index in [4.69, 9.17) is 11.6 Å². The molecule has 88 valence electrons. The number of hydrogen-bond donors (Lipinski definition) is 2. The van der Waals surface area contributed by atoms with Crippen molar-refractivity contribution in [3.05, 3.63) is 29.3 Å². The van der Waals surface area contributed by atoms with Gasteiger partial charge in [0.05, 0.1) is 19.6 Å². The van der Waals surface area contributed by atoms with Gasteiger partial charge in [-0.25, -0.2) is 0 Å². The van der Waals surface area contributed by atoms with Crippen molar-refractivity contribution in [2.75, 3.05) is 25.0 Å². The summed E-state index contributed by atoms with van der Waals surface area (Å²) in [5.41, 5.74) is 1.19. The Morgan fingerprint density at radius 3 is 2.44 bits per heavy atom. The maximum Gasteiger partial charge on any atom is 0.0790 e. The van der Waals surface area contributed by atoms with Crippen LogP contribution in [0.1, 0.15) is 19.8 Å². The first-order chi connectivity index (χ1) is 7.78. The molecule has 0 amide bonds. The molecule has 0 unspecified atom stereocenters. The number of piperidine rings is 1. The molecular weight excluding hydrogens is 220 g/mol. The zero-order valence-electron chi connectivity index (χ0n) is 9.80. The van der Waals surface area contributed by atoms with Crippen LogP contribution < -0.4 is 10.2 Å². The lowest BCUT2D eigenvalue weighted by molar-refractivity contribution is -0.903. The van der Waals surface area contributed by atoms with E-state index in [0.29, 0.717) is 6.04 Å². The average Bonchev–Trinajstić information content (AvgIpc) is 2.33. The van der Waals surface area contributed by atoms with E-state index in [1.54, 1.807) is 4.90 Å². The quantitative estimate of drug-likeness (QED) is 0.823. The Labute approximate surface area is 103 Å². The zero-order chi connectivity index (χ0) is 11.4. The molecule has 0 saturated carbocycles. The van der Waals surface area contributed by atoms with Crippen molar-refractivity contribution in [3.63, 3.8) is 0 Å². The third-order valence-corrected chi connectivity index (χ3v) is 3.66. The van der Waals surface area contributed by atoms with E-state index in [1.165, 1.54) is 38.2 Å². The van der Waals surface area contributed by atoms with Crippen molar-refractivity contribution in [2.45, 2.75) is 25.8 Å². The molecule has 0 atom stereocenters. The van der Waals surface area contributed by atoms with E-state index in [0.717, 1.165) is 5.02 Å². The summed E-state index contributed by atoms with van der Waals surface area (Å²) in [7, 11) is 0. The Balaban J connectivity index is 1.84. The van der Waals surface area contributed by atoms with Crippen LogP contribution in [0.3, 0.4) is 0 Å². The molecule has 1 aliphatic heterocycles. The second-order valence-electron chi connectivity index (χ2n) is 4.53. The molecule has 1 aromatic rings. The van der Waals surface area contributed by atoms with Crippen LogP contribution in [0.4, 0.5) is 5.69 Å². The van der Waals surface area contributed by atoms with Crippen LogP contribution in [0.15, 0.2) is 24.3 Å². The molecule has 1 heterocycles. The van der Waals surface area contributed by atoms with Gasteiger partial charge in [0.2, 0.25) is 0 Å². The molecular formula is C13H20ClN2+. The summed E-state index contributed by atoms with van der Waals surface area (Å²) in [4.78, 5) is 1.73. The highest BCUT2D eigenvalue weighted by molar-refractivity contribution is 6.30. The van der Waals surface area contributed by atoms with Crippen molar-refractivity contribution >= 4 is 17.3 Å². The molecule has 2 nitrogen and oxygen atoms in total. The fourth-order valence-electron chi connectivity index (χ4n) is 2.31. The minimum Gasteiger partial charge on any atom is -0.382 e. The molecule has 0 aromatic heterocycles. The standard InChI is InChI=1S/C13H19ClN2/c1-2-16-9-7-13(8-10-16)15-12-5-3-11(14)4-6-12/h3-6,13,15H,2,7-10H2,1H3/p+1. The predicted octanol–water partition coefficient (Wildman–Crippen LogP) is 1.82. The van der Waals surface area contributed by atoms with Crippen LogP contribution in [0, 0.1) is 0 Å². The smallest absolute Gasteiger partial charge is 0.0790 e. The third kappa shape index (κ3) is 3.13. The van der Waals surface area contributed by atoms with E-state index < -0.39 is 0 Å². The Morgan fingerprint density at radius 2 is 1.88 bits per heavy atom. The van der Waals surface area contributed by atoms with Crippen LogP contribution in [0.5, 0.6) is 0 Å². The lowest BCUT2D eigenvalue weighted by Crippen LogP contribution is -3.13. The monoisotopic (exact) mass is 239 g/mol. The molecule has 3 heteroatoms. The van der Waals surface area contributed by atoms with Gasteiger partial charge in [0.15, 0.2) is 0 Å². The van der Waals surface area contributed by atoms with E-state index in [9.17, 15) is 0 Å². The molecule has 1 fully saturated rings. The fourth-order valence-corrected chi connectivity index (χ4v) is 2.43. The van der Waals surface area contributed by atoms with E-state index in [-0.39, 0.29) is 0 Å². The van der Waals surface area contributed by atoms with Gasteiger partial charge in [-0.1, -0.05) is 11.6 Å². The number of nitrogens with one attached hydrogen (secondary N) is 2. The third-order valence-electron chi connectivity index (χ3n) is 3.41. The minimum absolute atomic E-state index is 0.636. The number of likely N-dealkylation sites (tertiary alicyclic amines) is 1. The Morgan fingerprint density at radius 1 is 1.25 bits per heavy atom. The molecule has 16 heavy (non-hydrogen) atoms. The number of benzene rings is 1. The second-order valence-corrected chi connectivity index (χ2v) is 4.97. The van der Waals surface area contributed by atoms with Gasteiger partial charge < -0.3 is 10.2 Å². The van der Waals surface area contributed by atoms with Crippen molar-refractivity contribution in [1.29, 1.82) is 0 Å². The number of hydrogen-bond acceptors (Lipinski definition) is 1. The van der Waals surface area contributed by atoms with Gasteiger partial charge in [-0.15, -0.1) is 0 Å². The average molecular weight is 240 g/mol. The van der Waals surface area contributed by atoms with E-state index >= 15 is 0 Å². The summed E-state index contributed by atoms with van der Waals surface area (Å²) in [6.07, 6.45) is 2.54. The zero-order valence-corrected chi connectivity index (χ0v) is 10.6. The Bertz CT molecular complexity index is 315. The summed E-state index contributed by atoms with van der Waals surface area (Å²) < 4.78 is 0. The van der Waals surface area contributed by atoms with Crippen molar-refractivity contribution < 1.29 is 4.90 Å². The maximum absolute atomic E-state index is 5.86. The normalized spacial score (nSPS) is 25.4. The van der Waals surface area contributed by atoms with Crippen LogP contribution >= 0.6 is 11.6 Å². The fraction of sp³-hybridized carbons (Fsp3) is 0.538. The van der Waals surface area contributed by atoms with Gasteiger partial charge in [0.25, 0.3) is 0 Å². The SMILES string of the molecule is CC[NH+]1CCC(Nc2ccc(Cl)cc2)CC1. The van der Waals surface area contributed by atoms with E-state index in [2.05, 4.69) is 24.4 Å². The maximum atomic E-state index is 5.86. The predicted molar refractivity (Wildman–Crippen MR) is 69.3 cm³/mol. The molecule has 1 aliphatic rings. The Hall–Kier alpha value is -0.730. The van der Waals surface area contributed by atoms with Gasteiger partial charge in [-0.2, -0.15) is 0 Å². The van der Waals surface area contributed by atoms with E-state index in [1.807, 2.05) is 12.1 Å². The van der Waals surface area contributed by atoms with Gasteiger partial charge in [0, 0.05) is 29.6 Å². The molecule has 0 radical (unpaired) electrons. The van der Waals surface area contributed by atoms with Gasteiger partial charge in [0.1, 0.15) is 0 Å². The lowest BCUT2D eigenvalue weighted by atomic mass is 10.0. The summed E-state index contributed by atoms with van der Waals surface area (Å²) in [6.45, 7) is 6.11. The topological polar surface area (TPSA) is 16.5 Å². The summed E-state index contributed by atoms with van der Waals surface area (Å²) >= 11 is 5.86. The molecule has 2 N–H and O–H groups in total.